The van der Waals surface area contributed by atoms with Gasteiger partial charge in [0, 0.05) is 10.0 Å². The number of benzene rings is 1. The van der Waals surface area contributed by atoms with E-state index in [1.165, 1.54) is 22.9 Å². The fourth-order valence-corrected chi connectivity index (χ4v) is 3.10. The highest BCUT2D eigenvalue weighted by molar-refractivity contribution is 9.10. The van der Waals surface area contributed by atoms with Crippen LogP contribution in [0.25, 0.3) is 0 Å². The van der Waals surface area contributed by atoms with Crippen LogP contribution in [0, 0.1) is 0 Å². The van der Waals surface area contributed by atoms with Gasteiger partial charge in [-0.2, -0.15) is 0 Å². The molecule has 17 heavy (non-hydrogen) atoms. The lowest BCUT2D eigenvalue weighted by Gasteiger charge is -2.43. The van der Waals surface area contributed by atoms with E-state index in [-0.39, 0.29) is 0 Å². The Morgan fingerprint density at radius 2 is 1.88 bits per heavy atom. The number of piperidine rings is 1. The molecule has 1 fully saturated rings. The number of halogens is 1. The second-order valence-corrected chi connectivity index (χ2v) is 5.99. The Morgan fingerprint density at radius 1 is 1.24 bits per heavy atom. The molecule has 0 radical (unpaired) electrons. The Bertz CT molecular complexity index is 370. The van der Waals surface area contributed by atoms with Crippen LogP contribution in [-0.2, 0) is 6.42 Å². The minimum absolute atomic E-state index is 0.315. The molecule has 1 aliphatic rings. The maximum absolute atomic E-state index is 3.66. The third-order valence-electron chi connectivity index (χ3n) is 3.96. The van der Waals surface area contributed by atoms with Crippen molar-refractivity contribution in [2.24, 2.45) is 0 Å². The van der Waals surface area contributed by atoms with Crippen LogP contribution in [0.4, 0.5) is 0 Å². The monoisotopic (exact) mass is 296 g/mol. The predicted octanol–water partition coefficient (Wildman–Crippen LogP) is 2.68. The van der Waals surface area contributed by atoms with Crippen molar-refractivity contribution in [1.82, 2.24) is 10.2 Å². The summed E-state index contributed by atoms with van der Waals surface area (Å²) in [7, 11) is 4.42. The van der Waals surface area contributed by atoms with E-state index in [9.17, 15) is 0 Å². The molecule has 0 atom stereocenters. The zero-order valence-electron chi connectivity index (χ0n) is 10.7. The van der Waals surface area contributed by atoms with Gasteiger partial charge in [0.15, 0.2) is 0 Å². The molecule has 1 heterocycles. The molecule has 0 amide bonds. The van der Waals surface area contributed by atoms with Gasteiger partial charge in [0.05, 0.1) is 0 Å². The normalized spacial score (nSPS) is 19.5. The molecular weight excluding hydrogens is 276 g/mol. The van der Waals surface area contributed by atoms with E-state index in [1.807, 2.05) is 0 Å². The number of hydrogen-bond donors (Lipinski definition) is 1. The van der Waals surface area contributed by atoms with Gasteiger partial charge < -0.3 is 10.2 Å². The Morgan fingerprint density at radius 3 is 2.47 bits per heavy atom. The lowest BCUT2D eigenvalue weighted by molar-refractivity contribution is 0.108. The number of nitrogens with zero attached hydrogens (tertiary/aromatic N) is 1. The Kier molecular flexibility index (Phi) is 4.23. The molecule has 0 aliphatic carbocycles. The SMILES string of the molecule is CN(C)C1(Cc2ccccc2Br)CCNCC1. The fourth-order valence-electron chi connectivity index (χ4n) is 2.67. The fraction of sp³-hybridized carbons (Fsp3) is 0.571. The van der Waals surface area contributed by atoms with E-state index < -0.39 is 0 Å². The molecule has 1 aliphatic heterocycles. The molecule has 1 aromatic rings. The molecule has 0 saturated carbocycles. The van der Waals surface area contributed by atoms with Crippen molar-refractivity contribution in [3.05, 3.63) is 34.3 Å². The third-order valence-corrected chi connectivity index (χ3v) is 4.73. The first-order chi connectivity index (χ1) is 8.14. The summed E-state index contributed by atoms with van der Waals surface area (Å²) in [5, 5.41) is 3.46. The smallest absolute Gasteiger partial charge is 0.0268 e. The van der Waals surface area contributed by atoms with E-state index in [0.29, 0.717) is 5.54 Å². The first-order valence-electron chi connectivity index (χ1n) is 6.26. The van der Waals surface area contributed by atoms with Crippen molar-refractivity contribution in [3.8, 4) is 0 Å². The predicted molar refractivity (Wildman–Crippen MR) is 76.4 cm³/mol. The number of likely N-dealkylation sites (N-methyl/N-ethyl adjacent to an activating group) is 1. The van der Waals surface area contributed by atoms with Crippen molar-refractivity contribution in [1.29, 1.82) is 0 Å². The first kappa shape index (κ1) is 13.1. The summed E-state index contributed by atoms with van der Waals surface area (Å²) in [6.45, 7) is 2.26. The molecule has 1 N–H and O–H groups in total. The van der Waals surface area contributed by atoms with Gasteiger partial charge in [-0.05, 0) is 58.1 Å². The molecule has 2 nitrogen and oxygen atoms in total. The highest BCUT2D eigenvalue weighted by Crippen LogP contribution is 2.30. The van der Waals surface area contributed by atoms with E-state index in [1.54, 1.807) is 0 Å². The average Bonchev–Trinajstić information content (AvgIpc) is 2.33. The average molecular weight is 297 g/mol. The maximum atomic E-state index is 3.66. The zero-order valence-corrected chi connectivity index (χ0v) is 12.3. The second kappa shape index (κ2) is 5.51. The summed E-state index contributed by atoms with van der Waals surface area (Å²) in [6, 6.07) is 8.58. The minimum Gasteiger partial charge on any atom is -0.317 e. The zero-order chi connectivity index (χ0) is 12.3. The minimum atomic E-state index is 0.315. The molecule has 0 bridgehead atoms. The molecule has 2 rings (SSSR count). The molecule has 1 aromatic carbocycles. The molecule has 1 saturated heterocycles. The third kappa shape index (κ3) is 2.90. The van der Waals surface area contributed by atoms with Crippen LogP contribution < -0.4 is 5.32 Å². The highest BCUT2D eigenvalue weighted by atomic mass is 79.9. The lowest BCUT2D eigenvalue weighted by Crippen LogP contribution is -2.53. The van der Waals surface area contributed by atoms with Crippen molar-refractivity contribution >= 4 is 15.9 Å². The largest absolute Gasteiger partial charge is 0.317 e. The molecule has 3 heteroatoms. The van der Waals surface area contributed by atoms with E-state index in [4.69, 9.17) is 0 Å². The lowest BCUT2D eigenvalue weighted by atomic mass is 9.81. The Hall–Kier alpha value is -0.380. The van der Waals surface area contributed by atoms with Crippen LogP contribution in [0.15, 0.2) is 28.7 Å². The number of hydrogen-bond acceptors (Lipinski definition) is 2. The van der Waals surface area contributed by atoms with Crippen LogP contribution >= 0.6 is 15.9 Å². The van der Waals surface area contributed by atoms with Crippen molar-refractivity contribution in [2.75, 3.05) is 27.2 Å². The quantitative estimate of drug-likeness (QED) is 0.923. The van der Waals surface area contributed by atoms with Gasteiger partial charge in [-0.25, -0.2) is 0 Å². The van der Waals surface area contributed by atoms with E-state index in [0.717, 1.165) is 19.5 Å². The van der Waals surface area contributed by atoms with Gasteiger partial charge in [0.25, 0.3) is 0 Å². The van der Waals surface area contributed by atoms with E-state index in [2.05, 4.69) is 64.5 Å². The molecule has 94 valence electrons. The van der Waals surface area contributed by atoms with Gasteiger partial charge in [0.2, 0.25) is 0 Å². The summed E-state index contributed by atoms with van der Waals surface area (Å²) in [5.41, 5.74) is 1.73. The van der Waals surface area contributed by atoms with Gasteiger partial charge in [0.1, 0.15) is 0 Å². The number of rotatable bonds is 3. The van der Waals surface area contributed by atoms with Crippen LogP contribution in [0.2, 0.25) is 0 Å². The van der Waals surface area contributed by atoms with Gasteiger partial charge in [-0.1, -0.05) is 34.1 Å². The van der Waals surface area contributed by atoms with Crippen LogP contribution in [0.5, 0.6) is 0 Å². The first-order valence-corrected chi connectivity index (χ1v) is 7.05. The highest BCUT2D eigenvalue weighted by Gasteiger charge is 2.34. The summed E-state index contributed by atoms with van der Waals surface area (Å²) < 4.78 is 1.24. The summed E-state index contributed by atoms with van der Waals surface area (Å²) in [5.74, 6) is 0. The second-order valence-electron chi connectivity index (χ2n) is 5.14. The van der Waals surface area contributed by atoms with Crippen LogP contribution in [-0.4, -0.2) is 37.6 Å². The van der Waals surface area contributed by atoms with Crippen LogP contribution in [0.3, 0.4) is 0 Å². The Balaban J connectivity index is 2.21. The molecule has 0 spiro atoms. The topological polar surface area (TPSA) is 15.3 Å². The molecule has 0 unspecified atom stereocenters. The van der Waals surface area contributed by atoms with Gasteiger partial charge >= 0.3 is 0 Å². The summed E-state index contributed by atoms with van der Waals surface area (Å²) in [4.78, 5) is 2.41. The van der Waals surface area contributed by atoms with Crippen molar-refractivity contribution in [3.63, 3.8) is 0 Å². The maximum Gasteiger partial charge on any atom is 0.0268 e. The molecular formula is C14H21BrN2. The Labute approximate surface area is 113 Å². The standard InChI is InChI=1S/C14H21BrN2/c1-17(2)14(7-9-16-10-8-14)11-12-5-3-4-6-13(12)15/h3-6,16H,7-11H2,1-2H3. The summed E-state index contributed by atoms with van der Waals surface area (Å²) >= 11 is 3.66. The number of nitrogens with one attached hydrogen (secondary N) is 1. The van der Waals surface area contributed by atoms with Crippen LogP contribution in [0.1, 0.15) is 18.4 Å². The van der Waals surface area contributed by atoms with Gasteiger partial charge in [-0.3, -0.25) is 0 Å². The van der Waals surface area contributed by atoms with Crippen molar-refractivity contribution < 1.29 is 0 Å². The van der Waals surface area contributed by atoms with E-state index >= 15 is 0 Å². The van der Waals surface area contributed by atoms with Gasteiger partial charge in [-0.15, -0.1) is 0 Å². The molecule has 0 aromatic heterocycles. The summed E-state index contributed by atoms with van der Waals surface area (Å²) in [6.07, 6.45) is 3.58. The van der Waals surface area contributed by atoms with Crippen molar-refractivity contribution in [2.45, 2.75) is 24.8 Å².